The van der Waals surface area contributed by atoms with Crippen LogP contribution in [0.5, 0.6) is 0 Å². The van der Waals surface area contributed by atoms with Crippen molar-refractivity contribution in [1.29, 1.82) is 0 Å². The summed E-state index contributed by atoms with van der Waals surface area (Å²) >= 11 is 0. The molecule has 104 valence electrons. The summed E-state index contributed by atoms with van der Waals surface area (Å²) in [5.74, 6) is -0.963. The number of hydrogen-bond acceptors (Lipinski definition) is 3. The van der Waals surface area contributed by atoms with Crippen molar-refractivity contribution >= 4 is 17.6 Å². The molecule has 0 bridgehead atoms. The molecular formula is C13H18FN3O2. The minimum Gasteiger partial charge on any atom is -0.372 e. The molecule has 0 aliphatic rings. The second-order valence-corrected chi connectivity index (χ2v) is 4.20. The number of rotatable bonds is 4. The van der Waals surface area contributed by atoms with Gasteiger partial charge >= 0.3 is 6.03 Å². The molecule has 3 amide bonds. The maximum atomic E-state index is 13.5. The molecule has 6 heteroatoms. The van der Waals surface area contributed by atoms with E-state index in [4.69, 9.17) is 0 Å². The normalized spacial score (nSPS) is 11.6. The van der Waals surface area contributed by atoms with E-state index in [-0.39, 0.29) is 5.69 Å². The average Bonchev–Trinajstić information content (AvgIpc) is 2.34. The van der Waals surface area contributed by atoms with E-state index in [1.165, 1.54) is 6.07 Å². The van der Waals surface area contributed by atoms with Gasteiger partial charge in [-0.3, -0.25) is 10.1 Å². The smallest absolute Gasteiger partial charge is 0.321 e. The monoisotopic (exact) mass is 267 g/mol. The Bertz CT molecular complexity index is 477. The summed E-state index contributed by atoms with van der Waals surface area (Å²) < 4.78 is 13.5. The first-order chi connectivity index (χ1) is 8.93. The fraction of sp³-hybridized carbons (Fsp3) is 0.385. The minimum absolute atomic E-state index is 0.235. The molecule has 1 aromatic rings. The molecule has 0 radical (unpaired) electrons. The number of imide groups is 1. The van der Waals surface area contributed by atoms with E-state index in [1.54, 1.807) is 26.0 Å². The third-order valence-corrected chi connectivity index (χ3v) is 2.46. The van der Waals surface area contributed by atoms with E-state index in [0.717, 1.165) is 5.56 Å². The summed E-state index contributed by atoms with van der Waals surface area (Å²) in [6.45, 7) is 5.54. The highest BCUT2D eigenvalue weighted by Crippen LogP contribution is 2.16. The molecule has 1 atom stereocenters. The van der Waals surface area contributed by atoms with E-state index < -0.39 is 23.8 Å². The molecule has 0 spiro atoms. The van der Waals surface area contributed by atoms with Gasteiger partial charge in [0.1, 0.15) is 11.9 Å². The van der Waals surface area contributed by atoms with Crippen molar-refractivity contribution in [3.05, 3.63) is 29.6 Å². The Balaban J connectivity index is 2.63. The maximum absolute atomic E-state index is 13.5. The summed E-state index contributed by atoms with van der Waals surface area (Å²) in [7, 11) is 0. The van der Waals surface area contributed by atoms with Gasteiger partial charge in [0.25, 0.3) is 0 Å². The Hall–Kier alpha value is -2.11. The van der Waals surface area contributed by atoms with E-state index in [9.17, 15) is 14.0 Å². The predicted molar refractivity (Wildman–Crippen MR) is 71.4 cm³/mol. The van der Waals surface area contributed by atoms with Gasteiger partial charge in [-0.25, -0.2) is 9.18 Å². The molecule has 1 rings (SSSR count). The summed E-state index contributed by atoms with van der Waals surface area (Å²) in [4.78, 5) is 22.9. The molecular weight excluding hydrogens is 249 g/mol. The molecule has 0 aromatic heterocycles. The van der Waals surface area contributed by atoms with E-state index in [0.29, 0.717) is 6.54 Å². The topological polar surface area (TPSA) is 70.2 Å². The number of hydrogen-bond donors (Lipinski definition) is 3. The number of aryl methyl sites for hydroxylation is 1. The number of urea groups is 1. The van der Waals surface area contributed by atoms with E-state index >= 15 is 0 Å². The van der Waals surface area contributed by atoms with E-state index in [2.05, 4.69) is 16.0 Å². The highest BCUT2D eigenvalue weighted by molar-refractivity contribution is 5.97. The quantitative estimate of drug-likeness (QED) is 0.778. The van der Waals surface area contributed by atoms with Gasteiger partial charge in [0.15, 0.2) is 0 Å². The third-order valence-electron chi connectivity index (χ3n) is 2.46. The van der Waals surface area contributed by atoms with E-state index in [1.807, 2.05) is 6.92 Å². The molecule has 1 unspecified atom stereocenters. The second-order valence-electron chi connectivity index (χ2n) is 4.20. The number of carbonyl (C=O) groups excluding carboxylic acids is 2. The lowest BCUT2D eigenvalue weighted by Crippen LogP contribution is -2.45. The molecule has 1 aromatic carbocycles. The van der Waals surface area contributed by atoms with Crippen LogP contribution in [-0.4, -0.2) is 24.5 Å². The van der Waals surface area contributed by atoms with Crippen molar-refractivity contribution in [3.8, 4) is 0 Å². The Kier molecular flexibility index (Phi) is 5.29. The van der Waals surface area contributed by atoms with Crippen LogP contribution in [-0.2, 0) is 4.79 Å². The Morgan fingerprint density at radius 3 is 2.68 bits per heavy atom. The number of halogens is 1. The first-order valence-corrected chi connectivity index (χ1v) is 6.05. The molecule has 0 saturated carbocycles. The van der Waals surface area contributed by atoms with Gasteiger partial charge in [-0.15, -0.1) is 0 Å². The lowest BCUT2D eigenvalue weighted by molar-refractivity contribution is -0.120. The van der Waals surface area contributed by atoms with Gasteiger partial charge in [-0.2, -0.15) is 0 Å². The zero-order chi connectivity index (χ0) is 14.4. The lowest BCUT2D eigenvalue weighted by atomic mass is 10.2. The molecule has 0 heterocycles. The first-order valence-electron chi connectivity index (χ1n) is 6.05. The molecule has 3 N–H and O–H groups in total. The van der Waals surface area contributed by atoms with Crippen molar-refractivity contribution in [1.82, 2.24) is 10.6 Å². The van der Waals surface area contributed by atoms with Crippen LogP contribution in [0.3, 0.4) is 0 Å². The van der Waals surface area contributed by atoms with Gasteiger partial charge in [0, 0.05) is 6.54 Å². The van der Waals surface area contributed by atoms with Gasteiger partial charge < -0.3 is 10.6 Å². The number of carbonyl (C=O) groups is 2. The Labute approximate surface area is 111 Å². The Morgan fingerprint density at radius 1 is 1.37 bits per heavy atom. The average molecular weight is 267 g/mol. The number of nitrogens with one attached hydrogen (secondary N) is 3. The van der Waals surface area contributed by atoms with Crippen LogP contribution in [0.1, 0.15) is 19.4 Å². The fourth-order valence-corrected chi connectivity index (χ4v) is 1.47. The van der Waals surface area contributed by atoms with Gasteiger partial charge in [-0.05, 0) is 38.5 Å². The van der Waals surface area contributed by atoms with Crippen molar-refractivity contribution in [2.45, 2.75) is 26.8 Å². The van der Waals surface area contributed by atoms with Crippen molar-refractivity contribution in [2.75, 3.05) is 11.9 Å². The van der Waals surface area contributed by atoms with Crippen LogP contribution in [0.25, 0.3) is 0 Å². The summed E-state index contributed by atoms with van der Waals surface area (Å²) in [5, 5.41) is 7.34. The second kappa shape index (κ2) is 6.72. The maximum Gasteiger partial charge on any atom is 0.321 e. The largest absolute Gasteiger partial charge is 0.372 e. The van der Waals surface area contributed by atoms with Crippen molar-refractivity contribution in [2.24, 2.45) is 0 Å². The van der Waals surface area contributed by atoms with Crippen molar-refractivity contribution < 1.29 is 14.0 Å². The van der Waals surface area contributed by atoms with Gasteiger partial charge in [0.05, 0.1) is 5.69 Å². The predicted octanol–water partition coefficient (Wildman–Crippen LogP) is 1.78. The molecule has 19 heavy (non-hydrogen) atoms. The van der Waals surface area contributed by atoms with Crippen LogP contribution in [0.2, 0.25) is 0 Å². The first kappa shape index (κ1) is 14.9. The standard InChI is InChI=1S/C13H18FN3O2/c1-4-15-13(19)17-12(18)9(3)16-11-7-8(2)5-6-10(11)14/h5-7,9,16H,4H2,1-3H3,(H2,15,17,18,19). The molecule has 0 aliphatic heterocycles. The number of benzene rings is 1. The van der Waals surface area contributed by atoms with Gasteiger partial charge in [-0.1, -0.05) is 6.07 Å². The highest BCUT2D eigenvalue weighted by Gasteiger charge is 2.16. The number of amides is 3. The van der Waals surface area contributed by atoms with Crippen LogP contribution >= 0.6 is 0 Å². The summed E-state index contributed by atoms with van der Waals surface area (Å²) in [6.07, 6.45) is 0. The molecule has 0 fully saturated rings. The minimum atomic E-state index is -0.723. The highest BCUT2D eigenvalue weighted by atomic mass is 19.1. The van der Waals surface area contributed by atoms with Crippen LogP contribution in [0.15, 0.2) is 18.2 Å². The number of anilines is 1. The van der Waals surface area contributed by atoms with Crippen LogP contribution < -0.4 is 16.0 Å². The SMILES string of the molecule is CCNC(=O)NC(=O)C(C)Nc1cc(C)ccc1F. The fourth-order valence-electron chi connectivity index (χ4n) is 1.47. The Morgan fingerprint density at radius 2 is 2.05 bits per heavy atom. The van der Waals surface area contributed by atoms with Crippen LogP contribution in [0.4, 0.5) is 14.9 Å². The summed E-state index contributed by atoms with van der Waals surface area (Å²) in [5.41, 5.74) is 1.11. The van der Waals surface area contributed by atoms with Crippen LogP contribution in [0, 0.1) is 12.7 Å². The molecule has 0 aliphatic carbocycles. The molecule has 0 saturated heterocycles. The zero-order valence-electron chi connectivity index (χ0n) is 11.2. The van der Waals surface area contributed by atoms with Gasteiger partial charge in [0.2, 0.25) is 5.91 Å². The van der Waals surface area contributed by atoms with Crippen molar-refractivity contribution in [3.63, 3.8) is 0 Å². The molecule has 5 nitrogen and oxygen atoms in total. The zero-order valence-corrected chi connectivity index (χ0v) is 11.2. The lowest BCUT2D eigenvalue weighted by Gasteiger charge is -2.15. The summed E-state index contributed by atoms with van der Waals surface area (Å²) in [6, 6.07) is 3.28. The third kappa shape index (κ3) is 4.57.